The Labute approximate surface area is 101 Å². The fraction of sp³-hybridized carbons (Fsp3) is 0.615. The maximum absolute atomic E-state index is 11.9. The van der Waals surface area contributed by atoms with E-state index in [1.54, 1.807) is 12.5 Å². The van der Waals surface area contributed by atoms with Gasteiger partial charge in [-0.1, -0.05) is 0 Å². The van der Waals surface area contributed by atoms with Gasteiger partial charge in [-0.2, -0.15) is 0 Å². The molecule has 0 unspecified atom stereocenters. The van der Waals surface area contributed by atoms with Gasteiger partial charge in [0.05, 0.1) is 17.9 Å². The van der Waals surface area contributed by atoms with Crippen molar-refractivity contribution in [2.24, 2.45) is 5.41 Å². The third-order valence-corrected chi connectivity index (χ3v) is 4.01. The fourth-order valence-electron chi connectivity index (χ4n) is 3.11. The van der Waals surface area contributed by atoms with Gasteiger partial charge in [-0.25, -0.2) is 0 Å². The average molecular weight is 234 g/mol. The van der Waals surface area contributed by atoms with Crippen LogP contribution in [0.4, 0.5) is 0 Å². The predicted molar refractivity (Wildman–Crippen MR) is 63.3 cm³/mol. The first-order chi connectivity index (χ1) is 8.28. The van der Waals surface area contributed by atoms with Crippen LogP contribution in [0.5, 0.6) is 0 Å². The smallest absolute Gasteiger partial charge is 0.227 e. The highest BCUT2D eigenvalue weighted by Crippen LogP contribution is 2.36. The van der Waals surface area contributed by atoms with Gasteiger partial charge in [-0.3, -0.25) is 9.69 Å². The van der Waals surface area contributed by atoms with E-state index in [9.17, 15) is 4.79 Å². The molecule has 0 radical (unpaired) electrons. The molecule has 0 aromatic carbocycles. The van der Waals surface area contributed by atoms with E-state index in [1.807, 2.05) is 6.07 Å². The molecule has 0 bridgehead atoms. The van der Waals surface area contributed by atoms with Crippen LogP contribution in [0, 0.1) is 5.41 Å². The van der Waals surface area contributed by atoms with Crippen LogP contribution >= 0.6 is 0 Å². The van der Waals surface area contributed by atoms with Crippen LogP contribution in [0.2, 0.25) is 0 Å². The number of hydrogen-bond donors (Lipinski definition) is 1. The summed E-state index contributed by atoms with van der Waals surface area (Å²) in [4.78, 5) is 14.3. The third kappa shape index (κ3) is 1.97. The monoisotopic (exact) mass is 234 g/mol. The number of rotatable bonds is 2. The van der Waals surface area contributed by atoms with Gasteiger partial charge in [0.25, 0.3) is 0 Å². The zero-order valence-corrected chi connectivity index (χ0v) is 9.95. The molecule has 1 amide bonds. The van der Waals surface area contributed by atoms with Crippen molar-refractivity contribution in [1.82, 2.24) is 10.2 Å². The molecular formula is C13H18N2O2. The van der Waals surface area contributed by atoms with Crippen molar-refractivity contribution in [2.75, 3.05) is 19.6 Å². The zero-order chi connectivity index (χ0) is 11.7. The minimum absolute atomic E-state index is 0.109. The Kier molecular flexibility index (Phi) is 2.67. The van der Waals surface area contributed by atoms with Crippen molar-refractivity contribution in [2.45, 2.75) is 25.8 Å². The number of carbonyl (C=O) groups is 1. The molecule has 3 heterocycles. The van der Waals surface area contributed by atoms with Crippen LogP contribution in [0.15, 0.2) is 23.0 Å². The number of piperidine rings is 1. The number of furan rings is 1. The largest absolute Gasteiger partial charge is 0.472 e. The number of nitrogens with one attached hydrogen (secondary N) is 1. The first-order valence-corrected chi connectivity index (χ1v) is 6.30. The number of carbonyl (C=O) groups excluding carboxylic acids is 1. The minimum Gasteiger partial charge on any atom is -0.472 e. The van der Waals surface area contributed by atoms with Crippen molar-refractivity contribution in [3.05, 3.63) is 24.2 Å². The van der Waals surface area contributed by atoms with Crippen LogP contribution < -0.4 is 5.32 Å². The third-order valence-electron chi connectivity index (χ3n) is 4.01. The Morgan fingerprint density at radius 3 is 3.12 bits per heavy atom. The van der Waals surface area contributed by atoms with Gasteiger partial charge >= 0.3 is 0 Å². The van der Waals surface area contributed by atoms with Crippen LogP contribution in [0.1, 0.15) is 24.8 Å². The van der Waals surface area contributed by atoms with Crippen molar-refractivity contribution in [3.63, 3.8) is 0 Å². The molecule has 1 spiro atoms. The second kappa shape index (κ2) is 4.18. The van der Waals surface area contributed by atoms with E-state index in [4.69, 9.17) is 4.42 Å². The predicted octanol–water partition coefficient (Wildman–Crippen LogP) is 1.38. The zero-order valence-electron chi connectivity index (χ0n) is 9.95. The normalized spacial score (nSPS) is 29.8. The quantitative estimate of drug-likeness (QED) is 0.841. The topological polar surface area (TPSA) is 45.5 Å². The van der Waals surface area contributed by atoms with Crippen molar-refractivity contribution in [1.29, 1.82) is 0 Å². The SMILES string of the molecule is O=C1NCC[C@]12CCCN(Cc1ccoc1)C2. The van der Waals surface area contributed by atoms with Crippen LogP contribution in [0.25, 0.3) is 0 Å². The highest BCUT2D eigenvalue weighted by molar-refractivity contribution is 5.85. The number of amides is 1. The summed E-state index contributed by atoms with van der Waals surface area (Å²) in [5.74, 6) is 0.259. The van der Waals surface area contributed by atoms with Gasteiger partial charge < -0.3 is 9.73 Å². The summed E-state index contributed by atoms with van der Waals surface area (Å²) in [6, 6.07) is 2.00. The molecule has 1 atom stereocenters. The molecule has 4 heteroatoms. The van der Waals surface area contributed by atoms with Crippen molar-refractivity contribution < 1.29 is 9.21 Å². The second-order valence-electron chi connectivity index (χ2n) is 5.23. The van der Waals surface area contributed by atoms with Crippen molar-refractivity contribution in [3.8, 4) is 0 Å². The summed E-state index contributed by atoms with van der Waals surface area (Å²) in [5, 5.41) is 2.98. The Hall–Kier alpha value is -1.29. The maximum atomic E-state index is 11.9. The van der Waals surface area contributed by atoms with Gasteiger partial charge in [0.2, 0.25) is 5.91 Å². The van der Waals surface area contributed by atoms with E-state index in [0.717, 1.165) is 45.4 Å². The molecule has 17 heavy (non-hydrogen) atoms. The number of nitrogens with zero attached hydrogens (tertiary/aromatic N) is 1. The van der Waals surface area contributed by atoms with Gasteiger partial charge in [-0.15, -0.1) is 0 Å². The van der Waals surface area contributed by atoms with Gasteiger partial charge in [0, 0.05) is 25.2 Å². The molecule has 3 rings (SSSR count). The van der Waals surface area contributed by atoms with Crippen LogP contribution in [-0.4, -0.2) is 30.4 Å². The summed E-state index contributed by atoms with van der Waals surface area (Å²) < 4.78 is 5.09. The molecular weight excluding hydrogens is 216 g/mol. The lowest BCUT2D eigenvalue weighted by Gasteiger charge is -2.38. The Morgan fingerprint density at radius 1 is 1.47 bits per heavy atom. The van der Waals surface area contributed by atoms with E-state index in [0.29, 0.717) is 0 Å². The molecule has 2 saturated heterocycles. The first-order valence-electron chi connectivity index (χ1n) is 6.30. The van der Waals surface area contributed by atoms with Crippen molar-refractivity contribution >= 4 is 5.91 Å². The Bertz CT molecular complexity index is 402. The molecule has 4 nitrogen and oxygen atoms in total. The van der Waals surface area contributed by atoms with Gasteiger partial charge in [0.1, 0.15) is 0 Å². The van der Waals surface area contributed by atoms with Gasteiger partial charge in [-0.05, 0) is 31.9 Å². The van der Waals surface area contributed by atoms with Crippen LogP contribution in [0.3, 0.4) is 0 Å². The summed E-state index contributed by atoms with van der Waals surface area (Å²) in [6.07, 6.45) is 6.65. The highest BCUT2D eigenvalue weighted by Gasteiger charge is 2.44. The fourth-order valence-corrected chi connectivity index (χ4v) is 3.11. The summed E-state index contributed by atoms with van der Waals surface area (Å²) in [6.45, 7) is 3.72. The van der Waals surface area contributed by atoms with Gasteiger partial charge in [0.15, 0.2) is 0 Å². The molecule has 0 saturated carbocycles. The number of hydrogen-bond acceptors (Lipinski definition) is 3. The van der Waals surface area contributed by atoms with E-state index in [-0.39, 0.29) is 11.3 Å². The lowest BCUT2D eigenvalue weighted by molar-refractivity contribution is -0.130. The Morgan fingerprint density at radius 2 is 2.41 bits per heavy atom. The molecule has 1 aromatic heterocycles. The van der Waals surface area contributed by atoms with Crippen LogP contribution in [-0.2, 0) is 11.3 Å². The lowest BCUT2D eigenvalue weighted by atomic mass is 9.78. The molecule has 92 valence electrons. The summed E-state index contributed by atoms with van der Waals surface area (Å²) in [5.41, 5.74) is 1.09. The van der Waals surface area contributed by atoms with E-state index >= 15 is 0 Å². The molecule has 0 aliphatic carbocycles. The Balaban J connectivity index is 1.69. The molecule has 2 fully saturated rings. The minimum atomic E-state index is -0.109. The maximum Gasteiger partial charge on any atom is 0.227 e. The molecule has 2 aliphatic rings. The summed E-state index contributed by atoms with van der Waals surface area (Å²) >= 11 is 0. The van der Waals surface area contributed by atoms with E-state index < -0.39 is 0 Å². The highest BCUT2D eigenvalue weighted by atomic mass is 16.3. The molecule has 2 aliphatic heterocycles. The average Bonchev–Trinajstić information content (AvgIpc) is 2.92. The van der Waals surface area contributed by atoms with E-state index in [2.05, 4.69) is 10.2 Å². The standard InChI is InChI=1S/C13H18N2O2/c16-12-13(4-5-14-12)3-1-6-15(10-13)8-11-2-7-17-9-11/h2,7,9H,1,3-6,8,10H2,(H,14,16)/t13-/m0/s1. The second-order valence-corrected chi connectivity index (χ2v) is 5.23. The lowest BCUT2D eigenvalue weighted by Crippen LogP contribution is -2.46. The van der Waals surface area contributed by atoms with E-state index in [1.165, 1.54) is 5.56 Å². The molecule has 1 N–H and O–H groups in total. The number of likely N-dealkylation sites (tertiary alicyclic amines) is 1. The first kappa shape index (κ1) is 10.8. The summed E-state index contributed by atoms with van der Waals surface area (Å²) in [7, 11) is 0. The molecule has 1 aromatic rings.